The van der Waals surface area contributed by atoms with E-state index in [-0.39, 0.29) is 18.9 Å². The Morgan fingerprint density at radius 3 is 2.32 bits per heavy atom. The number of hydrogen-bond acceptors (Lipinski definition) is 5. The highest BCUT2D eigenvalue weighted by atomic mass is 32.2. The van der Waals surface area contributed by atoms with Crippen LogP contribution in [0.5, 0.6) is 0 Å². The molecular formula is C16H20N4O4S. The van der Waals surface area contributed by atoms with Gasteiger partial charge in [0.2, 0.25) is 22.3 Å². The third-order valence-electron chi connectivity index (χ3n) is 4.03. The molecule has 0 N–H and O–H groups in total. The highest BCUT2D eigenvalue weighted by molar-refractivity contribution is 7.92. The van der Waals surface area contributed by atoms with Gasteiger partial charge in [0.05, 0.1) is 23.6 Å². The third kappa shape index (κ3) is 4.93. The molecule has 1 saturated heterocycles. The zero-order valence-electron chi connectivity index (χ0n) is 14.0. The highest BCUT2D eigenvalue weighted by Crippen LogP contribution is 2.19. The normalized spacial score (nSPS) is 14.7. The lowest BCUT2D eigenvalue weighted by atomic mass is 10.2. The van der Waals surface area contributed by atoms with Gasteiger partial charge in [-0.05, 0) is 24.3 Å². The molecule has 0 radical (unpaired) electrons. The summed E-state index contributed by atoms with van der Waals surface area (Å²) in [6.07, 6.45) is 1.89. The predicted octanol–water partition coefficient (Wildman–Crippen LogP) is 0.0150. The van der Waals surface area contributed by atoms with E-state index in [0.717, 1.165) is 17.0 Å². The Balaban J connectivity index is 2.02. The van der Waals surface area contributed by atoms with Crippen LogP contribution in [0, 0.1) is 11.3 Å². The topological polar surface area (TPSA) is 102 Å². The summed E-state index contributed by atoms with van der Waals surface area (Å²) in [6, 6.07) is 8.14. The molecule has 134 valence electrons. The molecule has 0 unspecified atom stereocenters. The molecular weight excluding hydrogens is 344 g/mol. The second-order valence-electron chi connectivity index (χ2n) is 5.77. The highest BCUT2D eigenvalue weighted by Gasteiger charge is 2.23. The molecule has 1 heterocycles. The van der Waals surface area contributed by atoms with Crippen molar-refractivity contribution in [3.05, 3.63) is 29.8 Å². The summed E-state index contributed by atoms with van der Waals surface area (Å²) in [6.45, 7) is 1.90. The van der Waals surface area contributed by atoms with Gasteiger partial charge in [-0.1, -0.05) is 0 Å². The van der Waals surface area contributed by atoms with Crippen molar-refractivity contribution in [1.82, 2.24) is 9.80 Å². The Hall–Kier alpha value is -2.60. The van der Waals surface area contributed by atoms with Gasteiger partial charge in [-0.3, -0.25) is 13.9 Å². The maximum absolute atomic E-state index is 12.3. The van der Waals surface area contributed by atoms with E-state index in [4.69, 9.17) is 5.26 Å². The second-order valence-corrected chi connectivity index (χ2v) is 7.67. The van der Waals surface area contributed by atoms with E-state index in [2.05, 4.69) is 0 Å². The van der Waals surface area contributed by atoms with Gasteiger partial charge in [-0.15, -0.1) is 0 Å². The summed E-state index contributed by atoms with van der Waals surface area (Å²) in [5.74, 6) is -0.146. The van der Waals surface area contributed by atoms with E-state index in [1.807, 2.05) is 6.07 Å². The van der Waals surface area contributed by atoms with Crippen LogP contribution in [0.15, 0.2) is 24.3 Å². The average molecular weight is 364 g/mol. The fourth-order valence-electron chi connectivity index (χ4n) is 2.62. The summed E-state index contributed by atoms with van der Waals surface area (Å²) in [4.78, 5) is 26.2. The molecule has 0 aromatic heterocycles. The molecule has 25 heavy (non-hydrogen) atoms. The Bertz CT molecular complexity index is 762. The van der Waals surface area contributed by atoms with Gasteiger partial charge in [-0.25, -0.2) is 8.42 Å². The lowest BCUT2D eigenvalue weighted by Crippen LogP contribution is -2.48. The fourth-order valence-corrected chi connectivity index (χ4v) is 3.55. The molecule has 2 amide bonds. The van der Waals surface area contributed by atoms with Gasteiger partial charge in [0.15, 0.2) is 0 Å². The minimum absolute atomic E-state index is 0.0253. The number of benzene rings is 1. The lowest BCUT2D eigenvalue weighted by molar-refractivity contribution is -0.134. The van der Waals surface area contributed by atoms with Crippen molar-refractivity contribution >= 4 is 28.0 Å². The molecule has 2 rings (SSSR count). The van der Waals surface area contributed by atoms with Gasteiger partial charge < -0.3 is 9.80 Å². The van der Waals surface area contributed by atoms with Crippen LogP contribution >= 0.6 is 0 Å². The first kappa shape index (κ1) is 18.7. The first-order chi connectivity index (χ1) is 11.8. The van der Waals surface area contributed by atoms with Crippen LogP contribution in [0.1, 0.15) is 12.0 Å². The maximum atomic E-state index is 12.3. The van der Waals surface area contributed by atoms with Crippen molar-refractivity contribution in [2.45, 2.75) is 6.42 Å². The standard InChI is InChI=1S/C16H20N4O4S/c1-25(23,24)20(15-4-2-14(12-17)3-5-15)7-6-16(22)19-10-8-18(13-21)9-11-19/h2-5,13H,6-11H2,1H3. The van der Waals surface area contributed by atoms with Crippen LogP contribution in [-0.2, 0) is 19.6 Å². The number of piperazine rings is 1. The number of carbonyl (C=O) groups is 2. The van der Waals surface area contributed by atoms with Gasteiger partial charge in [0, 0.05) is 39.1 Å². The third-order valence-corrected chi connectivity index (χ3v) is 5.22. The molecule has 0 spiro atoms. The number of rotatable bonds is 6. The van der Waals surface area contributed by atoms with Crippen LogP contribution < -0.4 is 4.31 Å². The Labute approximate surface area is 147 Å². The van der Waals surface area contributed by atoms with Crippen molar-refractivity contribution in [3.8, 4) is 6.07 Å². The average Bonchev–Trinajstić information content (AvgIpc) is 2.61. The van der Waals surface area contributed by atoms with E-state index >= 15 is 0 Å². The first-order valence-corrected chi connectivity index (χ1v) is 9.65. The zero-order valence-corrected chi connectivity index (χ0v) is 14.8. The largest absolute Gasteiger partial charge is 0.342 e. The van der Waals surface area contributed by atoms with Crippen molar-refractivity contribution in [3.63, 3.8) is 0 Å². The number of nitrogens with zero attached hydrogens (tertiary/aromatic N) is 4. The Morgan fingerprint density at radius 1 is 1.24 bits per heavy atom. The number of sulfonamides is 1. The number of anilines is 1. The fraction of sp³-hybridized carbons (Fsp3) is 0.438. The number of nitriles is 1. The van der Waals surface area contributed by atoms with Crippen molar-refractivity contribution in [2.24, 2.45) is 0 Å². The number of amides is 2. The van der Waals surface area contributed by atoms with Crippen molar-refractivity contribution in [2.75, 3.05) is 43.3 Å². The van der Waals surface area contributed by atoms with Gasteiger partial charge in [-0.2, -0.15) is 5.26 Å². The summed E-state index contributed by atoms with van der Waals surface area (Å²) in [5, 5.41) is 8.83. The lowest BCUT2D eigenvalue weighted by Gasteiger charge is -2.33. The first-order valence-electron chi connectivity index (χ1n) is 7.80. The second kappa shape index (κ2) is 7.98. The molecule has 0 aliphatic carbocycles. The molecule has 1 aromatic carbocycles. The van der Waals surface area contributed by atoms with Crippen LogP contribution in [-0.4, -0.2) is 69.5 Å². The minimum Gasteiger partial charge on any atom is -0.342 e. The molecule has 1 aliphatic heterocycles. The van der Waals surface area contributed by atoms with Gasteiger partial charge in [0.25, 0.3) is 0 Å². The Kier molecular flexibility index (Phi) is 5.98. The van der Waals surface area contributed by atoms with Crippen LogP contribution in [0.3, 0.4) is 0 Å². The smallest absolute Gasteiger partial charge is 0.232 e. The monoisotopic (exact) mass is 364 g/mol. The Morgan fingerprint density at radius 2 is 1.84 bits per heavy atom. The molecule has 0 saturated carbocycles. The number of carbonyl (C=O) groups excluding carboxylic acids is 2. The molecule has 9 heteroatoms. The van der Waals surface area contributed by atoms with E-state index in [9.17, 15) is 18.0 Å². The molecule has 8 nitrogen and oxygen atoms in total. The van der Waals surface area contributed by atoms with Crippen molar-refractivity contribution in [1.29, 1.82) is 5.26 Å². The quantitative estimate of drug-likeness (QED) is 0.662. The SMILES string of the molecule is CS(=O)(=O)N(CCC(=O)N1CCN(C=O)CC1)c1ccc(C#N)cc1. The van der Waals surface area contributed by atoms with E-state index < -0.39 is 10.0 Å². The number of hydrogen-bond donors (Lipinski definition) is 0. The molecule has 0 atom stereocenters. The molecule has 1 aromatic rings. The summed E-state index contributed by atoms with van der Waals surface area (Å²) in [5.41, 5.74) is 0.849. The van der Waals surface area contributed by atoms with E-state index in [1.54, 1.807) is 21.9 Å². The van der Waals surface area contributed by atoms with E-state index in [1.165, 1.54) is 12.1 Å². The van der Waals surface area contributed by atoms with Crippen LogP contribution in [0.25, 0.3) is 0 Å². The van der Waals surface area contributed by atoms with Gasteiger partial charge >= 0.3 is 0 Å². The summed E-state index contributed by atoms with van der Waals surface area (Å²) in [7, 11) is -3.55. The van der Waals surface area contributed by atoms with Gasteiger partial charge in [0.1, 0.15) is 0 Å². The maximum Gasteiger partial charge on any atom is 0.232 e. The summed E-state index contributed by atoms with van der Waals surface area (Å²) >= 11 is 0. The van der Waals surface area contributed by atoms with Crippen molar-refractivity contribution < 1.29 is 18.0 Å². The van der Waals surface area contributed by atoms with E-state index in [0.29, 0.717) is 37.4 Å². The summed E-state index contributed by atoms with van der Waals surface area (Å²) < 4.78 is 25.3. The minimum atomic E-state index is -3.55. The zero-order chi connectivity index (χ0) is 18.4. The molecule has 0 bridgehead atoms. The molecule has 1 aliphatic rings. The van der Waals surface area contributed by atoms with Crippen LogP contribution in [0.2, 0.25) is 0 Å². The van der Waals surface area contributed by atoms with Crippen LogP contribution in [0.4, 0.5) is 5.69 Å². The predicted molar refractivity (Wildman–Crippen MR) is 92.2 cm³/mol. The molecule has 1 fully saturated rings.